The Morgan fingerprint density at radius 2 is 2.00 bits per heavy atom. The maximum Gasteiger partial charge on any atom is 0.410 e. The zero-order valence-electron chi connectivity index (χ0n) is 16.9. The molecule has 0 aromatic carbocycles. The van der Waals surface area contributed by atoms with Crippen molar-refractivity contribution in [2.24, 2.45) is 0 Å². The summed E-state index contributed by atoms with van der Waals surface area (Å²) < 4.78 is 5.48. The molecule has 0 atom stereocenters. The Morgan fingerprint density at radius 3 is 2.76 bits per heavy atom. The number of rotatable bonds is 4. The van der Waals surface area contributed by atoms with Crippen molar-refractivity contribution < 1.29 is 9.53 Å². The van der Waals surface area contributed by atoms with Crippen molar-refractivity contribution in [3.8, 4) is 0 Å². The lowest BCUT2D eigenvalue weighted by Gasteiger charge is -2.52. The highest BCUT2D eigenvalue weighted by Crippen LogP contribution is 2.43. The van der Waals surface area contributed by atoms with Gasteiger partial charge in [0.1, 0.15) is 6.61 Å². The Bertz CT molecular complexity index is 851. The Labute approximate surface area is 173 Å². The fraction of sp³-hybridized carbons (Fsp3) is 0.375. The molecule has 1 spiro atoms. The number of nitrogens with one attached hydrogen (secondary N) is 1. The molecule has 2 fully saturated rings. The Morgan fingerprint density at radius 1 is 1.21 bits per heavy atom. The molecule has 29 heavy (non-hydrogen) atoms. The van der Waals surface area contributed by atoms with Crippen molar-refractivity contribution in [1.82, 2.24) is 15.1 Å². The van der Waals surface area contributed by atoms with Gasteiger partial charge in [0.2, 0.25) is 0 Å². The monoisotopic (exact) mass is 391 g/mol. The van der Waals surface area contributed by atoms with Crippen LogP contribution in [0.4, 0.5) is 4.79 Å². The van der Waals surface area contributed by atoms with Gasteiger partial charge in [0.25, 0.3) is 0 Å². The van der Waals surface area contributed by atoms with Gasteiger partial charge in [-0.05, 0) is 37.7 Å². The van der Waals surface area contributed by atoms with E-state index in [1.165, 1.54) is 17.1 Å². The van der Waals surface area contributed by atoms with Crippen LogP contribution in [0, 0.1) is 0 Å². The van der Waals surface area contributed by atoms with Gasteiger partial charge in [-0.2, -0.15) is 0 Å². The van der Waals surface area contributed by atoms with Gasteiger partial charge < -0.3 is 19.9 Å². The molecule has 3 aliphatic heterocycles. The maximum absolute atomic E-state index is 12.5. The van der Waals surface area contributed by atoms with E-state index in [2.05, 4.69) is 53.9 Å². The number of fused-ring (bicyclic) bond motifs is 4. The summed E-state index contributed by atoms with van der Waals surface area (Å²) in [5, 5.41) is 3.84. The van der Waals surface area contributed by atoms with Gasteiger partial charge >= 0.3 is 6.09 Å². The summed E-state index contributed by atoms with van der Waals surface area (Å²) in [6.07, 6.45) is 21.1. The number of piperazine rings is 1. The van der Waals surface area contributed by atoms with Crippen LogP contribution in [0.2, 0.25) is 0 Å². The number of hydrogen-bond donors (Lipinski definition) is 1. The van der Waals surface area contributed by atoms with E-state index in [1.54, 1.807) is 18.2 Å². The lowest BCUT2D eigenvalue weighted by Crippen LogP contribution is -2.61. The van der Waals surface area contributed by atoms with Crippen LogP contribution in [0.1, 0.15) is 32.1 Å². The van der Waals surface area contributed by atoms with Crippen molar-refractivity contribution in [2.45, 2.75) is 37.6 Å². The molecule has 1 N–H and O–H groups in total. The molecule has 5 nitrogen and oxygen atoms in total. The minimum absolute atomic E-state index is 0.128. The summed E-state index contributed by atoms with van der Waals surface area (Å²) in [4.78, 5) is 16.7. The first-order valence-corrected chi connectivity index (χ1v) is 10.4. The first kappa shape index (κ1) is 19.4. The summed E-state index contributed by atoms with van der Waals surface area (Å²) in [5.74, 6) is 0. The van der Waals surface area contributed by atoms with E-state index in [9.17, 15) is 4.79 Å². The van der Waals surface area contributed by atoms with Crippen LogP contribution in [0.15, 0.2) is 84.6 Å². The summed E-state index contributed by atoms with van der Waals surface area (Å²) in [7, 11) is 0. The van der Waals surface area contributed by atoms with Gasteiger partial charge in [-0.15, -0.1) is 0 Å². The van der Waals surface area contributed by atoms with Crippen LogP contribution in [-0.4, -0.2) is 41.1 Å². The highest BCUT2D eigenvalue weighted by Gasteiger charge is 2.46. The van der Waals surface area contributed by atoms with Crippen molar-refractivity contribution in [2.75, 3.05) is 19.7 Å². The first-order chi connectivity index (χ1) is 14.2. The third-order valence-corrected chi connectivity index (χ3v) is 6.05. The molecule has 5 heteroatoms. The van der Waals surface area contributed by atoms with E-state index in [1.807, 2.05) is 4.90 Å². The third-order valence-electron chi connectivity index (χ3n) is 6.05. The zero-order valence-corrected chi connectivity index (χ0v) is 16.9. The molecule has 2 saturated heterocycles. The van der Waals surface area contributed by atoms with E-state index in [0.717, 1.165) is 37.7 Å². The number of carbonyl (C=O) groups excluding carboxylic acids is 1. The number of likely N-dealkylation sites (tertiary alicyclic amines) is 1. The first-order valence-electron chi connectivity index (χ1n) is 10.4. The highest BCUT2D eigenvalue weighted by atomic mass is 16.6. The second-order valence-corrected chi connectivity index (χ2v) is 7.79. The van der Waals surface area contributed by atoms with Crippen molar-refractivity contribution >= 4 is 6.09 Å². The van der Waals surface area contributed by atoms with Crippen LogP contribution < -0.4 is 5.32 Å². The Kier molecular flexibility index (Phi) is 5.47. The standard InChI is InChI=1S/C24H29N3O2/c1-3-9-19(4-2)18-29-23(28)26-16-13-24(14-17-26)22-12-7-8-15-27(22)21-11-6-5-10-20(21)25-24/h3-4,8-12,15,25H,1-2,5-7,13-14,16-18H2/b19-9+. The minimum Gasteiger partial charge on any atom is -0.445 e. The molecule has 0 aromatic rings. The van der Waals surface area contributed by atoms with Crippen molar-refractivity contribution in [3.05, 3.63) is 84.6 Å². The van der Waals surface area contributed by atoms with Crippen LogP contribution in [-0.2, 0) is 4.74 Å². The molecule has 1 aliphatic carbocycles. The van der Waals surface area contributed by atoms with Gasteiger partial charge in [-0.1, -0.05) is 55.7 Å². The predicted molar refractivity (Wildman–Crippen MR) is 116 cm³/mol. The number of carbonyl (C=O) groups is 1. The van der Waals surface area contributed by atoms with Crippen molar-refractivity contribution in [1.29, 1.82) is 0 Å². The van der Waals surface area contributed by atoms with E-state index in [4.69, 9.17) is 4.74 Å². The summed E-state index contributed by atoms with van der Waals surface area (Å²) >= 11 is 0. The number of amides is 1. The van der Waals surface area contributed by atoms with Gasteiger partial charge in [0, 0.05) is 25.0 Å². The summed E-state index contributed by atoms with van der Waals surface area (Å²) in [6.45, 7) is 8.97. The highest BCUT2D eigenvalue weighted by molar-refractivity contribution is 5.68. The Hall–Kier alpha value is -2.95. The van der Waals surface area contributed by atoms with Crippen LogP contribution in [0.3, 0.4) is 0 Å². The van der Waals surface area contributed by atoms with E-state index in [-0.39, 0.29) is 18.2 Å². The molecule has 0 unspecified atom stereocenters. The molecule has 0 radical (unpaired) electrons. The molecular formula is C24H29N3O2. The molecule has 4 aliphatic rings. The Balaban J connectivity index is 1.44. The SMILES string of the molecule is C=C/C=C(\C=C)COC(=O)N1CCC2(CC1)NC1=CCCC=C1N1C=CCC=C12. The molecule has 3 heterocycles. The second kappa shape index (κ2) is 8.19. The van der Waals surface area contributed by atoms with Gasteiger partial charge in [0.05, 0.1) is 16.9 Å². The fourth-order valence-corrected chi connectivity index (χ4v) is 4.50. The second-order valence-electron chi connectivity index (χ2n) is 7.79. The molecule has 152 valence electrons. The molecule has 0 saturated carbocycles. The third kappa shape index (κ3) is 3.69. The van der Waals surface area contributed by atoms with Crippen LogP contribution >= 0.6 is 0 Å². The molecule has 4 rings (SSSR count). The number of ether oxygens (including phenoxy) is 1. The fourth-order valence-electron chi connectivity index (χ4n) is 4.50. The quantitative estimate of drug-likeness (QED) is 0.716. The number of piperidine rings is 1. The average Bonchev–Trinajstić information content (AvgIpc) is 2.77. The number of nitrogens with zero attached hydrogens (tertiary/aromatic N) is 2. The summed E-state index contributed by atoms with van der Waals surface area (Å²) in [6, 6.07) is 0. The van der Waals surface area contributed by atoms with E-state index >= 15 is 0 Å². The average molecular weight is 392 g/mol. The predicted octanol–water partition coefficient (Wildman–Crippen LogP) is 4.52. The topological polar surface area (TPSA) is 44.8 Å². The van der Waals surface area contributed by atoms with Crippen LogP contribution in [0.5, 0.6) is 0 Å². The zero-order chi connectivity index (χ0) is 20.3. The minimum atomic E-state index is -0.265. The molecule has 0 bridgehead atoms. The van der Waals surface area contributed by atoms with Gasteiger partial charge in [-0.25, -0.2) is 4.79 Å². The molecule has 0 aromatic heterocycles. The largest absolute Gasteiger partial charge is 0.445 e. The van der Waals surface area contributed by atoms with E-state index < -0.39 is 0 Å². The van der Waals surface area contributed by atoms with E-state index in [0.29, 0.717) is 13.1 Å². The van der Waals surface area contributed by atoms with Gasteiger partial charge in [0.15, 0.2) is 0 Å². The van der Waals surface area contributed by atoms with Crippen LogP contribution in [0.25, 0.3) is 0 Å². The maximum atomic E-state index is 12.5. The molecule has 1 amide bonds. The number of hydrogen-bond acceptors (Lipinski definition) is 4. The molecular weight excluding hydrogens is 362 g/mol. The lowest BCUT2D eigenvalue weighted by molar-refractivity contribution is 0.0853. The number of allylic oxidation sites excluding steroid dienone is 6. The lowest BCUT2D eigenvalue weighted by atomic mass is 9.79. The smallest absolute Gasteiger partial charge is 0.410 e. The van der Waals surface area contributed by atoms with Gasteiger partial charge in [-0.3, -0.25) is 0 Å². The van der Waals surface area contributed by atoms with Crippen molar-refractivity contribution in [3.63, 3.8) is 0 Å². The summed E-state index contributed by atoms with van der Waals surface area (Å²) in [5.41, 5.74) is 4.52. The normalized spacial score (nSPS) is 22.5.